The summed E-state index contributed by atoms with van der Waals surface area (Å²) in [6.45, 7) is 12.3. The Kier molecular flexibility index (Phi) is 9.04. The number of amides is 1. The molecule has 10 nitrogen and oxygen atoms in total. The lowest BCUT2D eigenvalue weighted by Gasteiger charge is -2.34. The molecule has 3 aliphatic rings. The van der Waals surface area contributed by atoms with Crippen LogP contribution >= 0.6 is 0 Å². The van der Waals surface area contributed by atoms with Crippen molar-refractivity contribution in [2.45, 2.75) is 77.5 Å². The lowest BCUT2D eigenvalue weighted by atomic mass is 9.97. The second kappa shape index (κ2) is 12.9. The molecule has 3 heterocycles. The normalized spacial score (nSPS) is 20.5. The van der Waals surface area contributed by atoms with Gasteiger partial charge in [0.2, 0.25) is 0 Å². The molecule has 2 fully saturated rings. The Hall–Kier alpha value is -3.63. The van der Waals surface area contributed by atoms with Gasteiger partial charge in [-0.05, 0) is 84.0 Å². The van der Waals surface area contributed by atoms with Gasteiger partial charge in [0.05, 0.1) is 31.0 Å². The van der Waals surface area contributed by atoms with Crippen LogP contribution in [0.25, 0.3) is 10.8 Å². The molecule has 46 heavy (non-hydrogen) atoms. The van der Waals surface area contributed by atoms with Gasteiger partial charge in [-0.1, -0.05) is 37.3 Å². The molecule has 0 radical (unpaired) electrons. The Bertz CT molecular complexity index is 1550. The fourth-order valence-corrected chi connectivity index (χ4v) is 6.86. The zero-order valence-corrected chi connectivity index (χ0v) is 28.4. The molecule has 1 unspecified atom stereocenters. The van der Waals surface area contributed by atoms with Crippen molar-refractivity contribution >= 4 is 28.4 Å². The van der Waals surface area contributed by atoms with Crippen molar-refractivity contribution in [1.29, 1.82) is 0 Å². The van der Waals surface area contributed by atoms with Gasteiger partial charge in [0.15, 0.2) is 0 Å². The average molecular weight is 631 g/mol. The highest BCUT2D eigenvalue weighted by Gasteiger charge is 2.44. The first-order chi connectivity index (χ1) is 22.0. The number of ether oxygens (including phenoxy) is 3. The first kappa shape index (κ1) is 32.3. The first-order valence-corrected chi connectivity index (χ1v) is 16.7. The summed E-state index contributed by atoms with van der Waals surface area (Å²) < 4.78 is 17.7. The quantitative estimate of drug-likeness (QED) is 0.282. The molecular formula is C36H50N6O4. The van der Waals surface area contributed by atoms with Gasteiger partial charge in [-0.25, -0.2) is 4.79 Å². The Morgan fingerprint density at radius 1 is 1.11 bits per heavy atom. The van der Waals surface area contributed by atoms with Gasteiger partial charge in [0.1, 0.15) is 11.4 Å². The predicted octanol–water partition coefficient (Wildman–Crippen LogP) is 5.57. The maximum Gasteiger partial charge on any atom is 0.408 e. The van der Waals surface area contributed by atoms with Crippen molar-refractivity contribution in [3.05, 3.63) is 53.2 Å². The number of rotatable bonds is 11. The Balaban J connectivity index is 1.28. The number of benzene rings is 2. The van der Waals surface area contributed by atoms with E-state index in [1.165, 1.54) is 22.0 Å². The van der Waals surface area contributed by atoms with E-state index in [9.17, 15) is 4.79 Å². The summed E-state index contributed by atoms with van der Waals surface area (Å²) in [5.41, 5.74) is 3.62. The molecule has 2 aromatic carbocycles. The third kappa shape index (κ3) is 7.33. The molecule has 0 spiro atoms. The van der Waals surface area contributed by atoms with E-state index >= 15 is 0 Å². The van der Waals surface area contributed by atoms with Crippen LogP contribution in [0.2, 0.25) is 0 Å². The van der Waals surface area contributed by atoms with Gasteiger partial charge < -0.3 is 34.6 Å². The van der Waals surface area contributed by atoms with Crippen LogP contribution in [0.5, 0.6) is 6.01 Å². The minimum absolute atomic E-state index is 0.157. The minimum atomic E-state index is -0.606. The zero-order valence-electron chi connectivity index (χ0n) is 28.4. The monoisotopic (exact) mass is 630 g/mol. The lowest BCUT2D eigenvalue weighted by Crippen LogP contribution is -2.55. The van der Waals surface area contributed by atoms with Crippen LogP contribution in [-0.4, -0.2) is 85.7 Å². The molecule has 1 atom stereocenters. The number of nitrogens with one attached hydrogen (secondary N) is 2. The van der Waals surface area contributed by atoms with Crippen molar-refractivity contribution in [2.75, 3.05) is 63.8 Å². The van der Waals surface area contributed by atoms with E-state index in [4.69, 9.17) is 24.2 Å². The van der Waals surface area contributed by atoms with Gasteiger partial charge in [-0.3, -0.25) is 0 Å². The van der Waals surface area contributed by atoms with Gasteiger partial charge in [-0.2, -0.15) is 9.97 Å². The third-order valence-corrected chi connectivity index (χ3v) is 9.32. The number of carbonyl (C=O) groups excluding carboxylic acids is 1. The maximum atomic E-state index is 12.8. The molecular weight excluding hydrogens is 580 g/mol. The van der Waals surface area contributed by atoms with Crippen LogP contribution in [0.15, 0.2) is 36.4 Å². The van der Waals surface area contributed by atoms with E-state index in [-0.39, 0.29) is 5.41 Å². The van der Waals surface area contributed by atoms with Crippen LogP contribution in [0, 0.1) is 5.41 Å². The standard InChI is InChI=1S/C36H50N6O4/c1-7-25-10-8-11-26-12-9-13-29(30(25)26)42-18-14-27-28(20-42)38-32(45-23-35(15-16-35)22-41(5)6)39-31(27)37-21-36(17-19-44-24-36)40-33(43)46-34(2,3)4/h8-13H,7,14-24H2,1-6H3,(H,40,43)(H,37,38,39). The van der Waals surface area contributed by atoms with Gasteiger partial charge >= 0.3 is 12.1 Å². The molecule has 1 aromatic heterocycles. The van der Waals surface area contributed by atoms with Crippen LogP contribution in [0.1, 0.15) is 63.8 Å². The molecule has 1 saturated heterocycles. The first-order valence-electron chi connectivity index (χ1n) is 16.7. The summed E-state index contributed by atoms with van der Waals surface area (Å²) in [7, 11) is 4.22. The van der Waals surface area contributed by atoms with E-state index in [0.29, 0.717) is 45.3 Å². The number of anilines is 2. The molecule has 1 aliphatic carbocycles. The molecule has 3 aromatic rings. The molecule has 2 aliphatic heterocycles. The number of hydrogen-bond acceptors (Lipinski definition) is 9. The fourth-order valence-electron chi connectivity index (χ4n) is 6.86. The summed E-state index contributed by atoms with van der Waals surface area (Å²) in [5, 5.41) is 9.28. The number of carbonyl (C=O) groups is 1. The SMILES string of the molecule is CCc1cccc2cccc(N3CCc4c(nc(OCC5(CN(C)C)CC5)nc4NCC4(NC(=O)OC(C)(C)C)CCOC4)C3)c12. The molecule has 6 rings (SSSR count). The van der Waals surface area contributed by atoms with Crippen molar-refractivity contribution < 1.29 is 19.0 Å². The van der Waals surface area contributed by atoms with E-state index < -0.39 is 17.2 Å². The predicted molar refractivity (Wildman–Crippen MR) is 182 cm³/mol. The second-order valence-corrected chi connectivity index (χ2v) is 14.7. The summed E-state index contributed by atoms with van der Waals surface area (Å²) in [5.74, 6) is 0.765. The number of nitrogens with zero attached hydrogens (tertiary/aromatic N) is 4. The van der Waals surface area contributed by atoms with Crippen molar-refractivity contribution in [3.8, 4) is 6.01 Å². The summed E-state index contributed by atoms with van der Waals surface area (Å²) in [6, 6.07) is 13.5. The third-order valence-electron chi connectivity index (χ3n) is 9.32. The van der Waals surface area contributed by atoms with E-state index in [1.807, 2.05) is 20.8 Å². The van der Waals surface area contributed by atoms with Crippen LogP contribution in [0.4, 0.5) is 16.3 Å². The topological polar surface area (TPSA) is 101 Å². The van der Waals surface area contributed by atoms with Crippen molar-refractivity contribution in [3.63, 3.8) is 0 Å². The average Bonchev–Trinajstić information content (AvgIpc) is 3.61. The lowest BCUT2D eigenvalue weighted by molar-refractivity contribution is 0.0448. The van der Waals surface area contributed by atoms with Crippen molar-refractivity contribution in [2.24, 2.45) is 5.41 Å². The van der Waals surface area contributed by atoms with Crippen molar-refractivity contribution in [1.82, 2.24) is 20.2 Å². The second-order valence-electron chi connectivity index (χ2n) is 14.7. The largest absolute Gasteiger partial charge is 0.463 e. The molecule has 1 saturated carbocycles. The summed E-state index contributed by atoms with van der Waals surface area (Å²) in [4.78, 5) is 27.4. The van der Waals surface area contributed by atoms with E-state index in [0.717, 1.165) is 55.8 Å². The molecule has 2 N–H and O–H groups in total. The number of fused-ring (bicyclic) bond motifs is 2. The highest BCUT2D eigenvalue weighted by molar-refractivity contribution is 5.97. The highest BCUT2D eigenvalue weighted by Crippen LogP contribution is 2.46. The zero-order chi connectivity index (χ0) is 32.5. The molecule has 10 heteroatoms. The summed E-state index contributed by atoms with van der Waals surface area (Å²) in [6.07, 6.45) is 4.29. The molecule has 0 bridgehead atoms. The van der Waals surface area contributed by atoms with E-state index in [1.54, 1.807) is 0 Å². The number of hydrogen-bond donors (Lipinski definition) is 2. The van der Waals surface area contributed by atoms with Gasteiger partial charge in [0.25, 0.3) is 0 Å². The fraction of sp³-hybridized carbons (Fsp3) is 0.583. The highest BCUT2D eigenvalue weighted by atomic mass is 16.6. The van der Waals surface area contributed by atoms with E-state index in [2.05, 4.69) is 77.9 Å². The molecule has 248 valence electrons. The Labute approximate surface area is 273 Å². The molecule has 1 amide bonds. The summed E-state index contributed by atoms with van der Waals surface area (Å²) >= 11 is 0. The van der Waals surface area contributed by atoms with Crippen LogP contribution in [-0.2, 0) is 28.9 Å². The van der Waals surface area contributed by atoms with Crippen LogP contribution < -0.4 is 20.3 Å². The smallest absolute Gasteiger partial charge is 0.408 e. The number of aromatic nitrogens is 2. The number of alkyl carbamates (subject to hydrolysis) is 1. The Morgan fingerprint density at radius 2 is 1.89 bits per heavy atom. The van der Waals surface area contributed by atoms with Gasteiger partial charge in [0, 0.05) is 48.3 Å². The maximum absolute atomic E-state index is 12.8. The Morgan fingerprint density at radius 3 is 2.57 bits per heavy atom. The number of aryl methyl sites for hydroxylation is 1. The van der Waals surface area contributed by atoms with Crippen LogP contribution in [0.3, 0.4) is 0 Å². The minimum Gasteiger partial charge on any atom is -0.463 e. The van der Waals surface area contributed by atoms with Gasteiger partial charge in [-0.15, -0.1) is 0 Å².